The van der Waals surface area contributed by atoms with E-state index in [1.807, 2.05) is 24.3 Å². The van der Waals surface area contributed by atoms with E-state index >= 15 is 0 Å². The van der Waals surface area contributed by atoms with Crippen LogP contribution in [0.5, 0.6) is 0 Å². The smallest absolute Gasteiger partial charge is 0.251 e. The van der Waals surface area contributed by atoms with Crippen molar-refractivity contribution in [2.24, 2.45) is 0 Å². The highest BCUT2D eigenvalue weighted by molar-refractivity contribution is 5.98. The normalized spacial score (nSPS) is 13.3. The molecule has 1 aliphatic rings. The van der Waals surface area contributed by atoms with Crippen LogP contribution in [0.3, 0.4) is 0 Å². The van der Waals surface area contributed by atoms with E-state index in [1.165, 1.54) is 0 Å². The number of carbonyl (C=O) groups excluding carboxylic acids is 1. The van der Waals surface area contributed by atoms with Crippen LogP contribution in [0, 0.1) is 0 Å². The highest BCUT2D eigenvalue weighted by Gasteiger charge is 2.16. The fourth-order valence-corrected chi connectivity index (χ4v) is 1.17. The molecule has 3 heteroatoms. The Kier molecular flexibility index (Phi) is 2.33. The van der Waals surface area contributed by atoms with E-state index in [0.29, 0.717) is 6.54 Å². The molecule has 0 spiro atoms. The molecule has 53 valence electrons. The van der Waals surface area contributed by atoms with Gasteiger partial charge in [-0.2, -0.15) is 0 Å². The Balaban J connectivity index is 0.000000605. The summed E-state index contributed by atoms with van der Waals surface area (Å²) >= 11 is 0. The van der Waals surface area contributed by atoms with Crippen molar-refractivity contribution in [3.8, 4) is 0 Å². The molecule has 2 rings (SSSR count). The third kappa shape index (κ3) is 1.30. The van der Waals surface area contributed by atoms with Gasteiger partial charge >= 0.3 is 0 Å². The molecule has 1 aromatic carbocycles. The van der Waals surface area contributed by atoms with E-state index in [1.54, 1.807) is 0 Å². The van der Waals surface area contributed by atoms with Crippen molar-refractivity contribution in [1.82, 2.24) is 5.32 Å². The van der Waals surface area contributed by atoms with Gasteiger partial charge in [0.1, 0.15) is 0 Å². The molecule has 0 aromatic heterocycles. The number of nitrogens with one attached hydrogen (secondary N) is 1. The van der Waals surface area contributed by atoms with Crippen LogP contribution in [-0.4, -0.2) is 23.3 Å². The molecule has 0 saturated heterocycles. The van der Waals surface area contributed by atoms with Crippen molar-refractivity contribution in [1.29, 1.82) is 0 Å². The summed E-state index contributed by atoms with van der Waals surface area (Å²) in [7, 11) is 0. The first-order chi connectivity index (χ1) is 4.88. The molecular formula is C8H7AlNO. The van der Waals surface area contributed by atoms with E-state index in [4.69, 9.17) is 0 Å². The minimum atomic E-state index is 0. The van der Waals surface area contributed by atoms with Gasteiger partial charge in [-0.25, -0.2) is 0 Å². The van der Waals surface area contributed by atoms with Crippen LogP contribution in [-0.2, 0) is 6.54 Å². The maximum absolute atomic E-state index is 11.0. The summed E-state index contributed by atoms with van der Waals surface area (Å²) in [6.45, 7) is 0.689. The minimum absolute atomic E-state index is 0. The molecule has 0 aliphatic carbocycles. The second kappa shape index (κ2) is 3.08. The molecule has 2 nitrogen and oxygen atoms in total. The van der Waals surface area contributed by atoms with Crippen LogP contribution >= 0.6 is 0 Å². The van der Waals surface area contributed by atoms with E-state index < -0.39 is 0 Å². The summed E-state index contributed by atoms with van der Waals surface area (Å²) in [4.78, 5) is 11.0. The van der Waals surface area contributed by atoms with Gasteiger partial charge in [0.25, 0.3) is 5.91 Å². The number of carbonyl (C=O) groups is 1. The SMILES string of the molecule is O=C1NCc2ccccc21.[Al]. The molecule has 1 aliphatic heterocycles. The molecule has 0 bridgehead atoms. The average molecular weight is 160 g/mol. The summed E-state index contributed by atoms with van der Waals surface area (Å²) in [6, 6.07) is 7.63. The van der Waals surface area contributed by atoms with Crippen LogP contribution in [0.4, 0.5) is 0 Å². The zero-order valence-electron chi connectivity index (χ0n) is 6.00. The first kappa shape index (κ1) is 8.32. The maximum atomic E-state index is 11.0. The average Bonchev–Trinajstić information content (AvgIpc) is 2.34. The highest BCUT2D eigenvalue weighted by atomic mass is 27.0. The predicted octanol–water partition coefficient (Wildman–Crippen LogP) is 0.549. The van der Waals surface area contributed by atoms with Gasteiger partial charge in [-0.3, -0.25) is 4.79 Å². The number of fused-ring (bicyclic) bond motifs is 1. The zero-order chi connectivity index (χ0) is 6.97. The van der Waals surface area contributed by atoms with Gasteiger partial charge in [0.05, 0.1) is 0 Å². The van der Waals surface area contributed by atoms with E-state index in [0.717, 1.165) is 11.1 Å². The summed E-state index contributed by atoms with van der Waals surface area (Å²) in [6.07, 6.45) is 0. The molecule has 1 amide bonds. The lowest BCUT2D eigenvalue weighted by Crippen LogP contribution is -2.12. The topological polar surface area (TPSA) is 29.1 Å². The summed E-state index contributed by atoms with van der Waals surface area (Å²) in [5.74, 6) is 0.0515. The monoisotopic (exact) mass is 160 g/mol. The van der Waals surface area contributed by atoms with Crippen LogP contribution in [0.2, 0.25) is 0 Å². The Labute approximate surface area is 75.7 Å². The van der Waals surface area contributed by atoms with Crippen molar-refractivity contribution >= 4 is 23.3 Å². The summed E-state index contributed by atoms with van der Waals surface area (Å²) in [5.41, 5.74) is 1.93. The lowest BCUT2D eigenvalue weighted by Gasteiger charge is -1.89. The number of benzene rings is 1. The molecule has 1 heterocycles. The van der Waals surface area contributed by atoms with Gasteiger partial charge in [-0.05, 0) is 11.6 Å². The summed E-state index contributed by atoms with van der Waals surface area (Å²) in [5, 5.41) is 2.75. The number of amides is 1. The minimum Gasteiger partial charge on any atom is -0.348 e. The van der Waals surface area contributed by atoms with Gasteiger partial charge in [-0.1, -0.05) is 18.2 Å². The Morgan fingerprint density at radius 1 is 1.27 bits per heavy atom. The molecule has 1 aromatic rings. The molecule has 3 radical (unpaired) electrons. The molecule has 0 saturated carbocycles. The lowest BCUT2D eigenvalue weighted by atomic mass is 10.1. The van der Waals surface area contributed by atoms with Crippen molar-refractivity contribution in [3.05, 3.63) is 35.4 Å². The van der Waals surface area contributed by atoms with Gasteiger partial charge in [0.2, 0.25) is 0 Å². The van der Waals surface area contributed by atoms with Crippen LogP contribution < -0.4 is 5.32 Å². The van der Waals surface area contributed by atoms with Crippen LogP contribution in [0.1, 0.15) is 15.9 Å². The van der Waals surface area contributed by atoms with E-state index in [9.17, 15) is 4.79 Å². The number of hydrogen-bond donors (Lipinski definition) is 1. The second-order valence-electron chi connectivity index (χ2n) is 2.34. The van der Waals surface area contributed by atoms with Gasteiger partial charge in [0.15, 0.2) is 0 Å². The Morgan fingerprint density at radius 3 is 2.73 bits per heavy atom. The van der Waals surface area contributed by atoms with Crippen LogP contribution in [0.25, 0.3) is 0 Å². The Hall–Kier alpha value is -0.778. The number of rotatable bonds is 0. The predicted molar refractivity (Wildman–Crippen MR) is 43.4 cm³/mol. The number of hydrogen-bond acceptors (Lipinski definition) is 1. The molecule has 11 heavy (non-hydrogen) atoms. The van der Waals surface area contributed by atoms with Gasteiger partial charge < -0.3 is 5.32 Å². The second-order valence-corrected chi connectivity index (χ2v) is 2.34. The first-order valence-electron chi connectivity index (χ1n) is 3.24. The lowest BCUT2D eigenvalue weighted by molar-refractivity contribution is 0.0966. The maximum Gasteiger partial charge on any atom is 0.251 e. The Bertz CT molecular complexity index is 285. The van der Waals surface area contributed by atoms with Crippen molar-refractivity contribution in [2.45, 2.75) is 6.54 Å². The fourth-order valence-electron chi connectivity index (χ4n) is 1.17. The van der Waals surface area contributed by atoms with Gasteiger partial charge in [0, 0.05) is 29.5 Å². The molecule has 0 unspecified atom stereocenters. The molecule has 0 fully saturated rings. The summed E-state index contributed by atoms with van der Waals surface area (Å²) < 4.78 is 0. The van der Waals surface area contributed by atoms with E-state index in [-0.39, 0.29) is 23.3 Å². The molecule has 0 atom stereocenters. The third-order valence-electron chi connectivity index (χ3n) is 1.70. The van der Waals surface area contributed by atoms with Crippen LogP contribution in [0.15, 0.2) is 24.3 Å². The van der Waals surface area contributed by atoms with E-state index in [2.05, 4.69) is 5.32 Å². The fraction of sp³-hybridized carbons (Fsp3) is 0.125. The van der Waals surface area contributed by atoms with Crippen molar-refractivity contribution < 1.29 is 4.79 Å². The standard InChI is InChI=1S/C8H7NO.Al/c10-8-7-4-2-1-3-6(7)5-9-8;/h1-4H,5H2,(H,9,10);. The van der Waals surface area contributed by atoms with Crippen molar-refractivity contribution in [2.75, 3.05) is 0 Å². The van der Waals surface area contributed by atoms with Gasteiger partial charge in [-0.15, -0.1) is 0 Å². The highest BCUT2D eigenvalue weighted by Crippen LogP contribution is 2.13. The van der Waals surface area contributed by atoms with Crippen molar-refractivity contribution in [3.63, 3.8) is 0 Å². The Morgan fingerprint density at radius 2 is 2.00 bits per heavy atom. The third-order valence-corrected chi connectivity index (χ3v) is 1.70. The molecular weight excluding hydrogens is 153 g/mol. The zero-order valence-corrected chi connectivity index (χ0v) is 7.16. The first-order valence-corrected chi connectivity index (χ1v) is 3.24. The largest absolute Gasteiger partial charge is 0.348 e. The molecule has 1 N–H and O–H groups in total. The quantitative estimate of drug-likeness (QED) is 0.552.